The highest BCUT2D eigenvalue weighted by atomic mass is 32.1. The standard InChI is InChI=1S/C14H23N3O2S/c1-10-8-11(6-7-17(10)2)15-14-16-12(9-20-14)4-5-13(18)19-3/h9-11H,4-8H2,1-3H3,(H,15,16). The van der Waals surface area contributed by atoms with E-state index in [1.54, 1.807) is 11.3 Å². The molecule has 0 bridgehead atoms. The van der Waals surface area contributed by atoms with Gasteiger partial charge in [-0.1, -0.05) is 0 Å². The van der Waals surface area contributed by atoms with Crippen molar-refractivity contribution in [2.75, 3.05) is 26.0 Å². The maximum atomic E-state index is 11.1. The lowest BCUT2D eigenvalue weighted by molar-refractivity contribution is -0.140. The molecule has 5 nitrogen and oxygen atoms in total. The van der Waals surface area contributed by atoms with E-state index in [0.717, 1.165) is 30.2 Å². The Kier molecular flexibility index (Phi) is 5.37. The van der Waals surface area contributed by atoms with E-state index >= 15 is 0 Å². The normalized spacial score (nSPS) is 23.6. The van der Waals surface area contributed by atoms with Crippen LogP contribution >= 0.6 is 11.3 Å². The molecule has 2 rings (SSSR count). The predicted molar refractivity (Wildman–Crippen MR) is 81.2 cm³/mol. The second kappa shape index (κ2) is 7.04. The number of carbonyl (C=O) groups is 1. The summed E-state index contributed by atoms with van der Waals surface area (Å²) < 4.78 is 4.64. The molecule has 1 fully saturated rings. The van der Waals surface area contributed by atoms with Crippen molar-refractivity contribution >= 4 is 22.4 Å². The molecule has 1 aromatic heterocycles. The van der Waals surface area contributed by atoms with Gasteiger partial charge < -0.3 is 15.0 Å². The van der Waals surface area contributed by atoms with Gasteiger partial charge in [0.05, 0.1) is 19.2 Å². The lowest BCUT2D eigenvalue weighted by atomic mass is 9.99. The first-order valence-electron chi connectivity index (χ1n) is 7.06. The minimum Gasteiger partial charge on any atom is -0.469 e. The zero-order chi connectivity index (χ0) is 14.5. The molecule has 1 aliphatic heterocycles. The Labute approximate surface area is 124 Å². The number of methoxy groups -OCH3 is 1. The Balaban J connectivity index is 1.82. The number of likely N-dealkylation sites (tertiary alicyclic amines) is 1. The van der Waals surface area contributed by atoms with Crippen molar-refractivity contribution in [1.82, 2.24) is 9.88 Å². The zero-order valence-corrected chi connectivity index (χ0v) is 13.2. The molecule has 1 N–H and O–H groups in total. The minimum atomic E-state index is -0.184. The van der Waals surface area contributed by atoms with Crippen LogP contribution in [0.5, 0.6) is 0 Å². The van der Waals surface area contributed by atoms with Crippen molar-refractivity contribution in [2.24, 2.45) is 0 Å². The van der Waals surface area contributed by atoms with E-state index < -0.39 is 0 Å². The summed E-state index contributed by atoms with van der Waals surface area (Å²) in [5.41, 5.74) is 0.962. The van der Waals surface area contributed by atoms with Gasteiger partial charge in [-0.25, -0.2) is 4.98 Å². The van der Waals surface area contributed by atoms with Gasteiger partial charge in [-0.15, -0.1) is 11.3 Å². The summed E-state index contributed by atoms with van der Waals surface area (Å²) in [6.45, 7) is 3.39. The maximum absolute atomic E-state index is 11.1. The highest BCUT2D eigenvalue weighted by Crippen LogP contribution is 2.23. The Morgan fingerprint density at radius 2 is 2.45 bits per heavy atom. The van der Waals surface area contributed by atoms with E-state index in [9.17, 15) is 4.79 Å². The van der Waals surface area contributed by atoms with E-state index in [1.165, 1.54) is 7.11 Å². The molecule has 6 heteroatoms. The summed E-state index contributed by atoms with van der Waals surface area (Å²) in [5, 5.41) is 6.50. The van der Waals surface area contributed by atoms with Crippen LogP contribution in [0, 0.1) is 0 Å². The lowest BCUT2D eigenvalue weighted by Gasteiger charge is -2.35. The highest BCUT2D eigenvalue weighted by Gasteiger charge is 2.23. The predicted octanol–water partition coefficient (Wildman–Crippen LogP) is 2.14. The van der Waals surface area contributed by atoms with Gasteiger partial charge in [0.2, 0.25) is 0 Å². The Morgan fingerprint density at radius 3 is 3.15 bits per heavy atom. The molecule has 0 saturated carbocycles. The number of thiazole rings is 1. The van der Waals surface area contributed by atoms with Crippen LogP contribution in [0.4, 0.5) is 5.13 Å². The number of nitrogens with one attached hydrogen (secondary N) is 1. The van der Waals surface area contributed by atoms with Crippen LogP contribution in [-0.4, -0.2) is 48.6 Å². The number of nitrogens with zero attached hydrogens (tertiary/aromatic N) is 2. The van der Waals surface area contributed by atoms with Crippen LogP contribution in [0.3, 0.4) is 0 Å². The van der Waals surface area contributed by atoms with Crippen molar-refractivity contribution in [2.45, 2.75) is 44.7 Å². The van der Waals surface area contributed by atoms with E-state index in [-0.39, 0.29) is 5.97 Å². The molecule has 112 valence electrons. The van der Waals surface area contributed by atoms with Gasteiger partial charge in [0.15, 0.2) is 5.13 Å². The quantitative estimate of drug-likeness (QED) is 0.844. The Bertz CT molecular complexity index is 449. The molecule has 20 heavy (non-hydrogen) atoms. The number of aryl methyl sites for hydroxylation is 1. The van der Waals surface area contributed by atoms with Gasteiger partial charge >= 0.3 is 5.97 Å². The van der Waals surface area contributed by atoms with Crippen LogP contribution in [0.25, 0.3) is 0 Å². The number of piperidine rings is 1. The second-order valence-corrected chi connectivity index (χ2v) is 6.27. The number of anilines is 1. The average Bonchev–Trinajstić information content (AvgIpc) is 2.88. The molecule has 1 aromatic rings. The van der Waals surface area contributed by atoms with Gasteiger partial charge in [0.25, 0.3) is 0 Å². The third kappa shape index (κ3) is 4.18. The fourth-order valence-electron chi connectivity index (χ4n) is 2.42. The summed E-state index contributed by atoms with van der Waals surface area (Å²) in [6, 6.07) is 1.11. The van der Waals surface area contributed by atoms with Crippen LogP contribution in [-0.2, 0) is 16.0 Å². The zero-order valence-electron chi connectivity index (χ0n) is 12.4. The molecule has 0 amide bonds. The largest absolute Gasteiger partial charge is 0.469 e. The Morgan fingerprint density at radius 1 is 1.65 bits per heavy atom. The van der Waals surface area contributed by atoms with Crippen molar-refractivity contribution in [3.05, 3.63) is 11.1 Å². The van der Waals surface area contributed by atoms with Crippen LogP contribution in [0.1, 0.15) is 31.9 Å². The van der Waals surface area contributed by atoms with Crippen molar-refractivity contribution < 1.29 is 9.53 Å². The summed E-state index contributed by atoms with van der Waals surface area (Å²) in [4.78, 5) is 18.0. The number of carbonyl (C=O) groups excluding carboxylic acids is 1. The summed E-state index contributed by atoms with van der Waals surface area (Å²) in [5.74, 6) is -0.184. The average molecular weight is 297 g/mol. The highest BCUT2D eigenvalue weighted by molar-refractivity contribution is 7.13. The first-order chi connectivity index (χ1) is 9.58. The third-order valence-electron chi connectivity index (χ3n) is 3.90. The number of esters is 1. The van der Waals surface area contributed by atoms with E-state index in [0.29, 0.717) is 24.9 Å². The van der Waals surface area contributed by atoms with Gasteiger partial charge in [-0.3, -0.25) is 4.79 Å². The molecule has 2 unspecified atom stereocenters. The van der Waals surface area contributed by atoms with Gasteiger partial charge in [-0.2, -0.15) is 0 Å². The topological polar surface area (TPSA) is 54.5 Å². The smallest absolute Gasteiger partial charge is 0.305 e. The van der Waals surface area contributed by atoms with Crippen LogP contribution in [0.2, 0.25) is 0 Å². The molecule has 2 heterocycles. The van der Waals surface area contributed by atoms with Gasteiger partial charge in [0, 0.05) is 30.4 Å². The molecular weight excluding hydrogens is 274 g/mol. The number of rotatable bonds is 5. The van der Waals surface area contributed by atoms with Gasteiger partial charge in [0.1, 0.15) is 0 Å². The van der Waals surface area contributed by atoms with E-state index in [2.05, 4.69) is 33.9 Å². The number of hydrogen-bond donors (Lipinski definition) is 1. The van der Waals surface area contributed by atoms with Crippen molar-refractivity contribution in [3.8, 4) is 0 Å². The molecule has 0 radical (unpaired) electrons. The molecule has 0 spiro atoms. The summed E-state index contributed by atoms with van der Waals surface area (Å²) in [6.07, 6.45) is 3.34. The fourth-order valence-corrected chi connectivity index (χ4v) is 3.24. The summed E-state index contributed by atoms with van der Waals surface area (Å²) >= 11 is 1.62. The number of aromatic nitrogens is 1. The fraction of sp³-hybridized carbons (Fsp3) is 0.714. The number of hydrogen-bond acceptors (Lipinski definition) is 6. The van der Waals surface area contributed by atoms with Crippen molar-refractivity contribution in [1.29, 1.82) is 0 Å². The van der Waals surface area contributed by atoms with E-state index in [1.807, 2.05) is 5.38 Å². The molecule has 0 aliphatic carbocycles. The number of ether oxygens (including phenoxy) is 1. The monoisotopic (exact) mass is 297 g/mol. The molecule has 2 atom stereocenters. The first-order valence-corrected chi connectivity index (χ1v) is 7.94. The van der Waals surface area contributed by atoms with Crippen LogP contribution in [0.15, 0.2) is 5.38 Å². The molecular formula is C14H23N3O2S. The third-order valence-corrected chi connectivity index (χ3v) is 4.72. The van der Waals surface area contributed by atoms with Crippen molar-refractivity contribution in [3.63, 3.8) is 0 Å². The molecule has 1 saturated heterocycles. The summed E-state index contributed by atoms with van der Waals surface area (Å²) in [7, 11) is 3.59. The first kappa shape index (κ1) is 15.3. The van der Waals surface area contributed by atoms with Gasteiger partial charge in [-0.05, 0) is 26.8 Å². The lowest BCUT2D eigenvalue weighted by Crippen LogP contribution is -2.42. The molecule has 0 aromatic carbocycles. The second-order valence-electron chi connectivity index (χ2n) is 5.42. The SMILES string of the molecule is COC(=O)CCc1csc(NC2CCN(C)C(C)C2)n1. The van der Waals surface area contributed by atoms with Crippen LogP contribution < -0.4 is 5.32 Å². The van der Waals surface area contributed by atoms with E-state index in [4.69, 9.17) is 0 Å². The minimum absolute atomic E-state index is 0.184. The molecule has 1 aliphatic rings. The Hall–Kier alpha value is -1.14. The maximum Gasteiger partial charge on any atom is 0.305 e.